The van der Waals surface area contributed by atoms with Gasteiger partial charge in [-0.05, 0) is 56.0 Å². The van der Waals surface area contributed by atoms with Crippen molar-refractivity contribution >= 4 is 11.8 Å². The van der Waals surface area contributed by atoms with E-state index in [1.54, 1.807) is 0 Å². The minimum atomic E-state index is -0.0779. The number of aryl methyl sites for hydroxylation is 1. The largest absolute Gasteiger partial charge is 0.490 e. The molecule has 31 heavy (non-hydrogen) atoms. The Morgan fingerprint density at radius 3 is 2.23 bits per heavy atom. The van der Waals surface area contributed by atoms with Gasteiger partial charge in [0.25, 0.3) is 5.91 Å². The van der Waals surface area contributed by atoms with Gasteiger partial charge in [-0.25, -0.2) is 0 Å². The fourth-order valence-corrected chi connectivity index (χ4v) is 4.12. The van der Waals surface area contributed by atoms with Crippen LogP contribution in [0.4, 0.5) is 0 Å². The highest BCUT2D eigenvalue weighted by Crippen LogP contribution is 2.32. The molecule has 2 aromatic carbocycles. The fraction of sp³-hybridized carbons (Fsp3) is 0.462. The number of hydrogen-bond donors (Lipinski definition) is 1. The number of rotatable bonds is 7. The van der Waals surface area contributed by atoms with Crippen molar-refractivity contribution in [2.75, 3.05) is 13.1 Å². The molecule has 0 spiro atoms. The van der Waals surface area contributed by atoms with E-state index in [1.807, 2.05) is 29.2 Å². The molecule has 2 aliphatic rings. The summed E-state index contributed by atoms with van der Waals surface area (Å²) in [7, 11) is 0. The van der Waals surface area contributed by atoms with Crippen molar-refractivity contribution in [1.29, 1.82) is 0 Å². The topological polar surface area (TPSA) is 58.6 Å². The average Bonchev–Trinajstić information content (AvgIpc) is 3.64. The van der Waals surface area contributed by atoms with Crippen LogP contribution < -0.4 is 10.1 Å². The zero-order valence-electron chi connectivity index (χ0n) is 18.5. The van der Waals surface area contributed by atoms with Gasteiger partial charge in [0.05, 0.1) is 6.04 Å². The molecule has 5 nitrogen and oxygen atoms in total. The van der Waals surface area contributed by atoms with Gasteiger partial charge in [-0.1, -0.05) is 36.8 Å². The van der Waals surface area contributed by atoms with Gasteiger partial charge in [0, 0.05) is 37.4 Å². The van der Waals surface area contributed by atoms with E-state index >= 15 is 0 Å². The van der Waals surface area contributed by atoms with Gasteiger partial charge in [0.1, 0.15) is 11.9 Å². The number of likely N-dealkylation sites (tertiary alicyclic amines) is 1. The highest BCUT2D eigenvalue weighted by atomic mass is 16.5. The number of ether oxygens (including phenoxy) is 1. The number of benzene rings is 2. The quantitative estimate of drug-likeness (QED) is 0.709. The van der Waals surface area contributed by atoms with Crippen molar-refractivity contribution in [2.45, 2.75) is 58.1 Å². The van der Waals surface area contributed by atoms with E-state index in [4.69, 9.17) is 4.74 Å². The highest BCUT2D eigenvalue weighted by molar-refractivity contribution is 5.94. The van der Waals surface area contributed by atoms with Crippen LogP contribution in [-0.2, 0) is 4.79 Å². The lowest BCUT2D eigenvalue weighted by molar-refractivity contribution is -0.134. The van der Waals surface area contributed by atoms with Gasteiger partial charge in [-0.15, -0.1) is 0 Å². The standard InChI is InChI=1S/C26H32N2O3/c1-3-24(19-6-4-18(2)5-7-19)27-25(29)20-10-12-22(13-11-20)31-23-14-16-28(17-15-23)26(30)21-8-9-21/h4-7,10-13,21,23-24H,3,8-9,14-17H2,1-2H3,(H,27,29). The molecule has 1 N–H and O–H groups in total. The van der Waals surface area contributed by atoms with Crippen molar-refractivity contribution in [3.8, 4) is 5.75 Å². The summed E-state index contributed by atoms with van der Waals surface area (Å²) in [5, 5.41) is 3.13. The zero-order chi connectivity index (χ0) is 21.8. The summed E-state index contributed by atoms with van der Waals surface area (Å²) in [5.41, 5.74) is 2.95. The van der Waals surface area contributed by atoms with Crippen molar-refractivity contribution in [3.05, 3.63) is 65.2 Å². The third kappa shape index (κ3) is 5.46. The molecule has 164 valence electrons. The third-order valence-electron chi connectivity index (χ3n) is 6.29. The molecule has 0 bridgehead atoms. The summed E-state index contributed by atoms with van der Waals surface area (Å²) >= 11 is 0. The van der Waals surface area contributed by atoms with Crippen molar-refractivity contribution in [1.82, 2.24) is 10.2 Å². The van der Waals surface area contributed by atoms with Crippen LogP contribution in [0, 0.1) is 12.8 Å². The van der Waals surface area contributed by atoms with Crippen LogP contribution in [-0.4, -0.2) is 35.9 Å². The number of nitrogens with one attached hydrogen (secondary N) is 1. The molecule has 0 aromatic heterocycles. The summed E-state index contributed by atoms with van der Waals surface area (Å²) in [4.78, 5) is 26.9. The Balaban J connectivity index is 1.29. The second kappa shape index (κ2) is 9.54. The van der Waals surface area contributed by atoms with Gasteiger partial charge in [-0.3, -0.25) is 9.59 Å². The van der Waals surface area contributed by atoms with Crippen LogP contribution in [0.15, 0.2) is 48.5 Å². The predicted molar refractivity (Wildman–Crippen MR) is 121 cm³/mol. The minimum absolute atomic E-state index is 0.00689. The molecular formula is C26H32N2O3. The number of carbonyl (C=O) groups is 2. The van der Waals surface area contributed by atoms with E-state index in [-0.39, 0.29) is 24.0 Å². The molecule has 0 radical (unpaired) electrons. The first kappa shape index (κ1) is 21.4. The molecule has 1 aliphatic carbocycles. The lowest BCUT2D eigenvalue weighted by Gasteiger charge is -2.32. The Labute approximate surface area is 184 Å². The zero-order valence-corrected chi connectivity index (χ0v) is 18.5. The third-order valence-corrected chi connectivity index (χ3v) is 6.29. The van der Waals surface area contributed by atoms with Crippen LogP contribution >= 0.6 is 0 Å². The SMILES string of the molecule is CCC(NC(=O)c1ccc(OC2CCN(C(=O)C3CC3)CC2)cc1)c1ccc(C)cc1. The number of piperidine rings is 1. The Morgan fingerprint density at radius 2 is 1.65 bits per heavy atom. The molecule has 1 aliphatic heterocycles. The van der Waals surface area contributed by atoms with Crippen molar-refractivity contribution in [3.63, 3.8) is 0 Å². The first-order chi connectivity index (χ1) is 15.0. The van der Waals surface area contributed by atoms with E-state index in [2.05, 4.69) is 43.4 Å². The first-order valence-electron chi connectivity index (χ1n) is 11.5. The fourth-order valence-electron chi connectivity index (χ4n) is 4.12. The van der Waals surface area contributed by atoms with E-state index in [1.165, 1.54) is 5.56 Å². The molecule has 5 heteroatoms. The van der Waals surface area contributed by atoms with Crippen LogP contribution in [0.25, 0.3) is 0 Å². The second-order valence-corrected chi connectivity index (χ2v) is 8.79. The molecule has 1 atom stereocenters. The van der Waals surface area contributed by atoms with Gasteiger partial charge < -0.3 is 15.0 Å². The number of carbonyl (C=O) groups excluding carboxylic acids is 2. The maximum absolute atomic E-state index is 12.7. The number of amides is 2. The van der Waals surface area contributed by atoms with Crippen LogP contribution in [0.3, 0.4) is 0 Å². The predicted octanol–water partition coefficient (Wildman–Crippen LogP) is 4.66. The summed E-state index contributed by atoms with van der Waals surface area (Å²) in [6.45, 7) is 5.69. The average molecular weight is 421 g/mol. The van der Waals surface area contributed by atoms with Gasteiger partial charge in [-0.2, -0.15) is 0 Å². The Kier molecular flexibility index (Phi) is 6.59. The summed E-state index contributed by atoms with van der Waals surface area (Å²) in [5.74, 6) is 1.30. The smallest absolute Gasteiger partial charge is 0.251 e. The van der Waals surface area contributed by atoms with Gasteiger partial charge >= 0.3 is 0 Å². The van der Waals surface area contributed by atoms with Crippen LogP contribution in [0.5, 0.6) is 5.75 Å². The van der Waals surface area contributed by atoms with Gasteiger partial charge in [0.15, 0.2) is 0 Å². The summed E-state index contributed by atoms with van der Waals surface area (Å²) < 4.78 is 6.11. The summed E-state index contributed by atoms with van der Waals surface area (Å²) in [6.07, 6.45) is 4.77. The van der Waals surface area contributed by atoms with E-state index in [0.29, 0.717) is 11.5 Å². The normalized spacial score (nSPS) is 17.8. The maximum atomic E-state index is 12.7. The van der Waals surface area contributed by atoms with Crippen LogP contribution in [0.1, 0.15) is 66.6 Å². The Bertz CT molecular complexity index is 895. The first-order valence-corrected chi connectivity index (χ1v) is 11.5. The molecule has 1 unspecified atom stereocenters. The lowest BCUT2D eigenvalue weighted by atomic mass is 10.0. The van der Waals surface area contributed by atoms with E-state index in [0.717, 1.165) is 56.5 Å². The molecule has 2 aromatic rings. The number of nitrogens with zero attached hydrogens (tertiary/aromatic N) is 1. The highest BCUT2D eigenvalue weighted by Gasteiger charge is 2.35. The molecule has 2 amide bonds. The summed E-state index contributed by atoms with van der Waals surface area (Å²) in [6, 6.07) is 15.6. The maximum Gasteiger partial charge on any atom is 0.251 e. The Hall–Kier alpha value is -2.82. The second-order valence-electron chi connectivity index (χ2n) is 8.79. The Morgan fingerprint density at radius 1 is 1.00 bits per heavy atom. The molecule has 1 saturated carbocycles. The minimum Gasteiger partial charge on any atom is -0.490 e. The molecule has 4 rings (SSSR count). The molecular weight excluding hydrogens is 388 g/mol. The van der Waals surface area contributed by atoms with Crippen molar-refractivity contribution < 1.29 is 14.3 Å². The molecule has 1 heterocycles. The van der Waals surface area contributed by atoms with E-state index in [9.17, 15) is 9.59 Å². The van der Waals surface area contributed by atoms with Crippen molar-refractivity contribution in [2.24, 2.45) is 5.92 Å². The van der Waals surface area contributed by atoms with Crippen LogP contribution in [0.2, 0.25) is 0 Å². The molecule has 2 fully saturated rings. The molecule has 1 saturated heterocycles. The van der Waals surface area contributed by atoms with E-state index < -0.39 is 0 Å². The lowest BCUT2D eigenvalue weighted by Crippen LogP contribution is -2.42. The monoisotopic (exact) mass is 420 g/mol. The van der Waals surface area contributed by atoms with Gasteiger partial charge in [0.2, 0.25) is 5.91 Å². The number of hydrogen-bond acceptors (Lipinski definition) is 3.